The number of nitrogens with one attached hydrogen (secondary N) is 1. The third-order valence-corrected chi connectivity index (χ3v) is 5.43. The summed E-state index contributed by atoms with van der Waals surface area (Å²) >= 11 is 0. The fourth-order valence-electron chi connectivity index (χ4n) is 4.38. The van der Waals surface area contributed by atoms with Gasteiger partial charge in [-0.1, -0.05) is 18.9 Å². The number of carbonyl (C=O) groups is 2. The van der Waals surface area contributed by atoms with E-state index in [1.807, 2.05) is 24.4 Å². The monoisotopic (exact) mass is 312 g/mol. The highest BCUT2D eigenvalue weighted by Gasteiger charge is 2.47. The summed E-state index contributed by atoms with van der Waals surface area (Å²) in [6.07, 6.45) is 6.57. The van der Waals surface area contributed by atoms with E-state index in [0.717, 1.165) is 36.6 Å². The number of likely N-dealkylation sites (tertiary alicyclic amines) is 1. The zero-order valence-corrected chi connectivity index (χ0v) is 12.9. The molecule has 1 aromatic heterocycles. The summed E-state index contributed by atoms with van der Waals surface area (Å²) in [7, 11) is 0. The molecule has 1 aliphatic carbocycles. The van der Waals surface area contributed by atoms with Gasteiger partial charge in [-0.3, -0.25) is 4.79 Å². The van der Waals surface area contributed by atoms with Crippen LogP contribution in [-0.2, 0) is 4.79 Å². The van der Waals surface area contributed by atoms with Gasteiger partial charge in [0.15, 0.2) is 0 Å². The molecule has 1 aromatic carbocycles. The van der Waals surface area contributed by atoms with E-state index in [9.17, 15) is 14.7 Å². The molecule has 4 rings (SSSR count). The molecule has 120 valence electrons. The summed E-state index contributed by atoms with van der Waals surface area (Å²) in [4.78, 5) is 29.7. The highest BCUT2D eigenvalue weighted by molar-refractivity contribution is 6.07. The average Bonchev–Trinajstić information content (AvgIpc) is 3.18. The summed E-state index contributed by atoms with van der Waals surface area (Å²) < 4.78 is 0. The summed E-state index contributed by atoms with van der Waals surface area (Å²) in [5, 5.41) is 10.5. The highest BCUT2D eigenvalue weighted by atomic mass is 16.4. The van der Waals surface area contributed by atoms with Crippen molar-refractivity contribution in [2.45, 2.75) is 44.2 Å². The third kappa shape index (κ3) is 2.22. The molecule has 3 atom stereocenters. The van der Waals surface area contributed by atoms with E-state index in [2.05, 4.69) is 4.98 Å². The maximum Gasteiger partial charge on any atom is 0.326 e. The lowest BCUT2D eigenvalue weighted by Gasteiger charge is -2.33. The van der Waals surface area contributed by atoms with E-state index >= 15 is 0 Å². The molecular weight excluding hydrogens is 292 g/mol. The predicted octanol–water partition coefficient (Wildman–Crippen LogP) is 3.03. The number of carbonyl (C=O) groups excluding carboxylic acids is 1. The van der Waals surface area contributed by atoms with E-state index in [0.29, 0.717) is 17.9 Å². The molecule has 0 radical (unpaired) electrons. The quantitative estimate of drug-likeness (QED) is 0.895. The van der Waals surface area contributed by atoms with Crippen molar-refractivity contribution in [1.82, 2.24) is 9.88 Å². The van der Waals surface area contributed by atoms with Crippen molar-refractivity contribution in [2.75, 3.05) is 0 Å². The number of hydrogen-bond acceptors (Lipinski definition) is 2. The SMILES string of the molecule is O=C(O)[C@@H]1C[C@H]2CCCC[C@@H]2N1C(=O)c1cccc2[nH]ccc12. The number of hydrogen-bond donors (Lipinski definition) is 2. The summed E-state index contributed by atoms with van der Waals surface area (Å²) in [5.74, 6) is -0.690. The first-order chi connectivity index (χ1) is 11.2. The van der Waals surface area contributed by atoms with Gasteiger partial charge in [0, 0.05) is 28.7 Å². The Bertz CT molecular complexity index is 766. The lowest BCUT2D eigenvalue weighted by atomic mass is 9.84. The number of carboxylic acid groups (broad SMARTS) is 1. The molecule has 5 nitrogen and oxygen atoms in total. The molecule has 5 heteroatoms. The first-order valence-electron chi connectivity index (χ1n) is 8.28. The van der Waals surface area contributed by atoms with Gasteiger partial charge in [-0.25, -0.2) is 4.79 Å². The predicted molar refractivity (Wildman–Crippen MR) is 86.3 cm³/mol. The second-order valence-electron chi connectivity index (χ2n) is 6.66. The van der Waals surface area contributed by atoms with Crippen LogP contribution in [0.4, 0.5) is 0 Å². The molecule has 1 saturated heterocycles. The van der Waals surface area contributed by atoms with Gasteiger partial charge in [-0.2, -0.15) is 0 Å². The molecule has 23 heavy (non-hydrogen) atoms. The zero-order valence-electron chi connectivity index (χ0n) is 12.9. The van der Waals surface area contributed by atoms with Gasteiger partial charge < -0.3 is 15.0 Å². The molecule has 0 unspecified atom stereocenters. The van der Waals surface area contributed by atoms with Crippen molar-refractivity contribution in [2.24, 2.45) is 5.92 Å². The number of aromatic amines is 1. The minimum Gasteiger partial charge on any atom is -0.480 e. The van der Waals surface area contributed by atoms with Crippen LogP contribution >= 0.6 is 0 Å². The molecule has 2 heterocycles. The van der Waals surface area contributed by atoms with Crippen molar-refractivity contribution >= 4 is 22.8 Å². The lowest BCUT2D eigenvalue weighted by molar-refractivity contribution is -0.141. The van der Waals surface area contributed by atoms with Crippen LogP contribution < -0.4 is 0 Å². The third-order valence-electron chi connectivity index (χ3n) is 5.43. The number of H-pyrrole nitrogens is 1. The fourth-order valence-corrected chi connectivity index (χ4v) is 4.38. The Hall–Kier alpha value is -2.30. The van der Waals surface area contributed by atoms with E-state index < -0.39 is 12.0 Å². The zero-order chi connectivity index (χ0) is 16.0. The number of fused-ring (bicyclic) bond motifs is 2. The molecule has 0 bridgehead atoms. The lowest BCUT2D eigenvalue weighted by Crippen LogP contribution is -2.46. The number of nitrogens with zero attached hydrogens (tertiary/aromatic N) is 1. The van der Waals surface area contributed by atoms with Crippen LogP contribution in [0.15, 0.2) is 30.5 Å². The maximum absolute atomic E-state index is 13.2. The summed E-state index contributed by atoms with van der Waals surface area (Å²) in [6, 6.07) is 6.83. The number of amides is 1. The van der Waals surface area contributed by atoms with Crippen molar-refractivity contribution in [3.05, 3.63) is 36.0 Å². The van der Waals surface area contributed by atoms with Crippen LogP contribution in [0.25, 0.3) is 10.9 Å². The van der Waals surface area contributed by atoms with Gasteiger partial charge in [0.05, 0.1) is 0 Å². The number of aromatic nitrogens is 1. The van der Waals surface area contributed by atoms with Crippen LogP contribution in [0.5, 0.6) is 0 Å². The molecule has 0 spiro atoms. The number of aliphatic carboxylic acids is 1. The van der Waals surface area contributed by atoms with Crippen LogP contribution in [0.1, 0.15) is 42.5 Å². The first kappa shape index (κ1) is 14.3. The Balaban J connectivity index is 1.75. The van der Waals surface area contributed by atoms with Crippen LogP contribution in [0, 0.1) is 5.92 Å². The molecule has 2 fully saturated rings. The van der Waals surface area contributed by atoms with Crippen molar-refractivity contribution in [3.8, 4) is 0 Å². The van der Waals surface area contributed by atoms with Crippen molar-refractivity contribution in [3.63, 3.8) is 0 Å². The Labute approximate surface area is 134 Å². The van der Waals surface area contributed by atoms with Gasteiger partial charge in [0.1, 0.15) is 6.04 Å². The maximum atomic E-state index is 13.2. The Kier molecular flexibility index (Phi) is 3.36. The van der Waals surface area contributed by atoms with Crippen LogP contribution in [0.3, 0.4) is 0 Å². The van der Waals surface area contributed by atoms with Crippen LogP contribution in [0.2, 0.25) is 0 Å². The van der Waals surface area contributed by atoms with E-state index in [1.165, 1.54) is 0 Å². The second-order valence-corrected chi connectivity index (χ2v) is 6.66. The van der Waals surface area contributed by atoms with Gasteiger partial charge >= 0.3 is 5.97 Å². The highest BCUT2D eigenvalue weighted by Crippen LogP contribution is 2.41. The minimum atomic E-state index is -0.881. The molecule has 1 amide bonds. The molecule has 2 aliphatic rings. The fraction of sp³-hybridized carbons (Fsp3) is 0.444. The summed E-state index contributed by atoms with van der Waals surface area (Å²) in [5.41, 5.74) is 1.50. The standard InChI is InChI=1S/C18H20N2O3/c21-17(13-5-3-6-14-12(13)8-9-19-14)20-15-7-2-1-4-11(15)10-16(20)18(22)23/h3,5-6,8-9,11,15-16,19H,1-2,4,7,10H2,(H,22,23)/t11-,15+,16+/m1/s1. The Morgan fingerprint density at radius 2 is 2.00 bits per heavy atom. The van der Waals surface area contributed by atoms with Crippen molar-refractivity contribution in [1.29, 1.82) is 0 Å². The first-order valence-corrected chi connectivity index (χ1v) is 8.28. The number of carboxylic acids is 1. The average molecular weight is 312 g/mol. The molecule has 2 N–H and O–H groups in total. The number of rotatable bonds is 2. The van der Waals surface area contributed by atoms with Crippen molar-refractivity contribution < 1.29 is 14.7 Å². The normalized spacial score (nSPS) is 27.1. The van der Waals surface area contributed by atoms with E-state index in [-0.39, 0.29) is 11.9 Å². The Morgan fingerprint density at radius 3 is 2.83 bits per heavy atom. The van der Waals surface area contributed by atoms with Gasteiger partial charge in [-0.05, 0) is 43.4 Å². The minimum absolute atomic E-state index is 0.0755. The van der Waals surface area contributed by atoms with E-state index in [1.54, 1.807) is 11.0 Å². The smallest absolute Gasteiger partial charge is 0.326 e. The molecule has 2 aromatic rings. The topological polar surface area (TPSA) is 73.4 Å². The second kappa shape index (κ2) is 5.41. The molecule has 1 saturated carbocycles. The molecule has 1 aliphatic heterocycles. The van der Waals surface area contributed by atoms with Gasteiger partial charge in [0.2, 0.25) is 0 Å². The van der Waals surface area contributed by atoms with Gasteiger partial charge in [-0.15, -0.1) is 0 Å². The Morgan fingerprint density at radius 1 is 1.17 bits per heavy atom. The number of benzene rings is 1. The largest absolute Gasteiger partial charge is 0.480 e. The van der Waals surface area contributed by atoms with Gasteiger partial charge in [0.25, 0.3) is 5.91 Å². The van der Waals surface area contributed by atoms with E-state index in [4.69, 9.17) is 0 Å². The summed E-state index contributed by atoms with van der Waals surface area (Å²) in [6.45, 7) is 0. The molecular formula is C18H20N2O3. The van der Waals surface area contributed by atoms with Crippen LogP contribution in [-0.4, -0.2) is 39.0 Å².